The predicted molar refractivity (Wildman–Crippen MR) is 73.7 cm³/mol. The minimum atomic E-state index is -0.370. The minimum Gasteiger partial charge on any atom is -0.366 e. The first-order valence-electron chi connectivity index (χ1n) is 6.05. The van der Waals surface area contributed by atoms with Crippen LogP contribution in [0.5, 0.6) is 0 Å². The van der Waals surface area contributed by atoms with Gasteiger partial charge in [0.15, 0.2) is 0 Å². The first-order chi connectivity index (χ1) is 8.59. The van der Waals surface area contributed by atoms with Gasteiger partial charge in [-0.1, -0.05) is 55.0 Å². The van der Waals surface area contributed by atoms with Gasteiger partial charge >= 0.3 is 0 Å². The van der Waals surface area contributed by atoms with E-state index in [1.807, 2.05) is 24.3 Å². The quantitative estimate of drug-likeness (QED) is 0.877. The summed E-state index contributed by atoms with van der Waals surface area (Å²) in [6.45, 7) is 4.16. The molecule has 0 saturated carbocycles. The summed E-state index contributed by atoms with van der Waals surface area (Å²) in [5.74, 6) is -0.210. The summed E-state index contributed by atoms with van der Waals surface area (Å²) >= 11 is 0. The van der Waals surface area contributed by atoms with Crippen LogP contribution in [-0.2, 0) is 0 Å². The van der Waals surface area contributed by atoms with E-state index in [0.29, 0.717) is 5.56 Å². The number of primary amides is 1. The fourth-order valence-corrected chi connectivity index (χ4v) is 2.22. The molecule has 92 valence electrons. The summed E-state index contributed by atoms with van der Waals surface area (Å²) in [6.07, 6.45) is 0. The van der Waals surface area contributed by atoms with Gasteiger partial charge in [-0.15, -0.1) is 0 Å². The van der Waals surface area contributed by atoms with Gasteiger partial charge in [0.1, 0.15) is 0 Å². The highest BCUT2D eigenvalue weighted by Gasteiger charge is 2.15. The number of hydrogen-bond donors (Lipinski definition) is 1. The van der Waals surface area contributed by atoms with Crippen LogP contribution in [0.3, 0.4) is 0 Å². The van der Waals surface area contributed by atoms with E-state index in [-0.39, 0.29) is 11.8 Å². The summed E-state index contributed by atoms with van der Waals surface area (Å²) in [5, 5.41) is 0. The van der Waals surface area contributed by atoms with Crippen LogP contribution < -0.4 is 5.73 Å². The molecular formula is C16H17NO. The molecule has 0 spiro atoms. The van der Waals surface area contributed by atoms with Crippen molar-refractivity contribution in [2.75, 3.05) is 0 Å². The predicted octanol–water partition coefficient (Wildman–Crippen LogP) is 3.25. The maximum Gasteiger partial charge on any atom is 0.248 e. The first kappa shape index (κ1) is 12.4. The SMILES string of the molecule is Cc1cccc(C(C)c2ccccc2C(N)=O)c1. The lowest BCUT2D eigenvalue weighted by atomic mass is 9.89. The molecule has 1 atom stereocenters. The fraction of sp³-hybridized carbons (Fsp3) is 0.188. The molecule has 0 aliphatic rings. The van der Waals surface area contributed by atoms with Crippen molar-refractivity contribution in [3.63, 3.8) is 0 Å². The minimum absolute atomic E-state index is 0.161. The Morgan fingerprint density at radius 1 is 1.11 bits per heavy atom. The number of carbonyl (C=O) groups is 1. The number of nitrogens with two attached hydrogens (primary N) is 1. The van der Waals surface area contributed by atoms with E-state index in [9.17, 15) is 4.79 Å². The summed E-state index contributed by atoms with van der Waals surface area (Å²) in [5.41, 5.74) is 9.42. The second-order valence-electron chi connectivity index (χ2n) is 4.59. The van der Waals surface area contributed by atoms with Crippen molar-refractivity contribution < 1.29 is 4.79 Å². The van der Waals surface area contributed by atoms with Gasteiger partial charge in [-0.2, -0.15) is 0 Å². The zero-order chi connectivity index (χ0) is 13.1. The number of amides is 1. The maximum absolute atomic E-state index is 11.4. The molecule has 2 aromatic rings. The molecule has 0 saturated heterocycles. The Kier molecular flexibility index (Phi) is 3.47. The molecule has 2 rings (SSSR count). The van der Waals surface area contributed by atoms with E-state index < -0.39 is 0 Å². The van der Waals surface area contributed by atoms with Crippen molar-refractivity contribution in [1.82, 2.24) is 0 Å². The molecule has 2 aromatic carbocycles. The summed E-state index contributed by atoms with van der Waals surface area (Å²) in [4.78, 5) is 11.4. The van der Waals surface area contributed by atoms with E-state index in [1.165, 1.54) is 11.1 Å². The van der Waals surface area contributed by atoms with Crippen LogP contribution in [0.4, 0.5) is 0 Å². The van der Waals surface area contributed by atoms with Gasteiger partial charge in [0.25, 0.3) is 0 Å². The monoisotopic (exact) mass is 239 g/mol. The molecule has 0 aliphatic heterocycles. The lowest BCUT2D eigenvalue weighted by molar-refractivity contribution is 0.0999. The largest absolute Gasteiger partial charge is 0.366 e. The van der Waals surface area contributed by atoms with Crippen LogP contribution in [-0.4, -0.2) is 5.91 Å². The molecule has 0 aliphatic carbocycles. The third-order valence-electron chi connectivity index (χ3n) is 3.23. The molecule has 0 aromatic heterocycles. The topological polar surface area (TPSA) is 43.1 Å². The lowest BCUT2D eigenvalue weighted by Crippen LogP contribution is -2.15. The Balaban J connectivity index is 2.46. The van der Waals surface area contributed by atoms with E-state index in [4.69, 9.17) is 5.73 Å². The molecule has 18 heavy (non-hydrogen) atoms. The molecule has 0 fully saturated rings. The second-order valence-corrected chi connectivity index (χ2v) is 4.59. The average molecular weight is 239 g/mol. The van der Waals surface area contributed by atoms with Crippen molar-refractivity contribution in [2.45, 2.75) is 19.8 Å². The van der Waals surface area contributed by atoms with E-state index >= 15 is 0 Å². The van der Waals surface area contributed by atoms with E-state index in [2.05, 4.69) is 32.0 Å². The zero-order valence-corrected chi connectivity index (χ0v) is 10.7. The Morgan fingerprint density at radius 2 is 1.83 bits per heavy atom. The van der Waals surface area contributed by atoms with Crippen molar-refractivity contribution in [3.05, 3.63) is 70.8 Å². The van der Waals surface area contributed by atoms with Gasteiger partial charge in [0, 0.05) is 11.5 Å². The number of aryl methyl sites for hydroxylation is 1. The Bertz CT molecular complexity index is 575. The molecule has 2 heteroatoms. The molecule has 1 amide bonds. The van der Waals surface area contributed by atoms with Crippen molar-refractivity contribution >= 4 is 5.91 Å². The highest BCUT2D eigenvalue weighted by Crippen LogP contribution is 2.27. The first-order valence-corrected chi connectivity index (χ1v) is 6.05. The van der Waals surface area contributed by atoms with Gasteiger partial charge in [-0.3, -0.25) is 4.79 Å². The van der Waals surface area contributed by atoms with Crippen LogP contribution in [0.15, 0.2) is 48.5 Å². The summed E-state index contributed by atoms with van der Waals surface area (Å²) < 4.78 is 0. The van der Waals surface area contributed by atoms with Crippen LogP contribution in [0, 0.1) is 6.92 Å². The Labute approximate surface area is 107 Å². The highest BCUT2D eigenvalue weighted by atomic mass is 16.1. The normalized spacial score (nSPS) is 12.1. The van der Waals surface area contributed by atoms with E-state index in [1.54, 1.807) is 6.07 Å². The lowest BCUT2D eigenvalue weighted by Gasteiger charge is -2.15. The van der Waals surface area contributed by atoms with Crippen molar-refractivity contribution in [1.29, 1.82) is 0 Å². The molecule has 0 heterocycles. The fourth-order valence-electron chi connectivity index (χ4n) is 2.22. The standard InChI is InChI=1S/C16H17NO/c1-11-6-5-7-13(10-11)12(2)14-8-3-4-9-15(14)16(17)18/h3-10,12H,1-2H3,(H2,17,18). The number of hydrogen-bond acceptors (Lipinski definition) is 1. The molecule has 0 bridgehead atoms. The van der Waals surface area contributed by atoms with Crippen LogP contribution in [0.1, 0.15) is 39.9 Å². The smallest absolute Gasteiger partial charge is 0.248 e. The molecular weight excluding hydrogens is 222 g/mol. The van der Waals surface area contributed by atoms with Gasteiger partial charge in [0.05, 0.1) is 0 Å². The second kappa shape index (κ2) is 5.05. The third kappa shape index (κ3) is 2.43. The molecule has 0 radical (unpaired) electrons. The molecule has 2 nitrogen and oxygen atoms in total. The van der Waals surface area contributed by atoms with E-state index in [0.717, 1.165) is 5.56 Å². The maximum atomic E-state index is 11.4. The average Bonchev–Trinajstić information content (AvgIpc) is 2.38. The third-order valence-corrected chi connectivity index (χ3v) is 3.23. The number of rotatable bonds is 3. The number of benzene rings is 2. The van der Waals surface area contributed by atoms with Gasteiger partial charge in [-0.25, -0.2) is 0 Å². The van der Waals surface area contributed by atoms with Gasteiger partial charge < -0.3 is 5.73 Å². The molecule has 2 N–H and O–H groups in total. The summed E-state index contributed by atoms with van der Waals surface area (Å²) in [7, 11) is 0. The summed E-state index contributed by atoms with van der Waals surface area (Å²) in [6, 6.07) is 15.8. The Morgan fingerprint density at radius 3 is 2.50 bits per heavy atom. The van der Waals surface area contributed by atoms with Gasteiger partial charge in [-0.05, 0) is 24.1 Å². The zero-order valence-electron chi connectivity index (χ0n) is 10.7. The molecule has 1 unspecified atom stereocenters. The van der Waals surface area contributed by atoms with Gasteiger partial charge in [0.2, 0.25) is 5.91 Å². The van der Waals surface area contributed by atoms with Crippen LogP contribution in [0.2, 0.25) is 0 Å². The Hall–Kier alpha value is -2.09. The van der Waals surface area contributed by atoms with Crippen LogP contribution >= 0.6 is 0 Å². The van der Waals surface area contributed by atoms with Crippen molar-refractivity contribution in [3.8, 4) is 0 Å². The van der Waals surface area contributed by atoms with Crippen molar-refractivity contribution in [2.24, 2.45) is 5.73 Å². The van der Waals surface area contributed by atoms with Crippen LogP contribution in [0.25, 0.3) is 0 Å². The number of carbonyl (C=O) groups excluding carboxylic acids is 1. The highest BCUT2D eigenvalue weighted by molar-refractivity contribution is 5.94.